The van der Waals surface area contributed by atoms with Crippen LogP contribution in [0.15, 0.2) is 12.3 Å². The summed E-state index contributed by atoms with van der Waals surface area (Å²) in [6.07, 6.45) is 1.20. The van der Waals surface area contributed by atoms with Gasteiger partial charge < -0.3 is 29.8 Å². The van der Waals surface area contributed by atoms with Crippen molar-refractivity contribution in [3.8, 4) is 5.88 Å². The molecular weight excluding hydrogens is 325 g/mol. The summed E-state index contributed by atoms with van der Waals surface area (Å²) >= 11 is 0. The third-order valence-corrected chi connectivity index (χ3v) is 4.63. The van der Waals surface area contributed by atoms with Gasteiger partial charge in [-0.05, 0) is 40.2 Å². The molecule has 9 heteroatoms. The predicted octanol–water partition coefficient (Wildman–Crippen LogP) is 1.34. The second-order valence-electron chi connectivity index (χ2n) is 7.16. The lowest BCUT2D eigenvalue weighted by Crippen LogP contribution is -2.41. The maximum absolute atomic E-state index is 10.7. The Morgan fingerprint density at radius 2 is 1.96 bits per heavy atom. The number of hydrogen-bond acceptors (Lipinski definition) is 6. The van der Waals surface area contributed by atoms with Crippen LogP contribution in [0.4, 0.5) is 10.5 Å². The highest BCUT2D eigenvalue weighted by atomic mass is 16.7. The van der Waals surface area contributed by atoms with Gasteiger partial charge in [-0.3, -0.25) is 0 Å². The molecule has 1 saturated heterocycles. The number of carbonyl (C=O) groups is 1. The molecule has 0 unspecified atom stereocenters. The minimum atomic E-state index is -0.968. The molecule has 0 radical (unpaired) electrons. The first-order valence-corrected chi connectivity index (χ1v) is 8.21. The van der Waals surface area contributed by atoms with Crippen molar-refractivity contribution in [3.63, 3.8) is 0 Å². The molecule has 0 saturated carbocycles. The van der Waals surface area contributed by atoms with Crippen molar-refractivity contribution in [1.29, 1.82) is 0 Å². The molecule has 0 atom stereocenters. The first-order valence-electron chi connectivity index (χ1n) is 8.21. The van der Waals surface area contributed by atoms with Gasteiger partial charge in [0.2, 0.25) is 5.88 Å². The number of hydrogen-bond donors (Lipinski definition) is 2. The molecule has 1 aromatic heterocycles. The van der Waals surface area contributed by atoms with Crippen molar-refractivity contribution in [2.45, 2.75) is 45.3 Å². The average molecular weight is 351 g/mol. The second-order valence-corrected chi connectivity index (χ2v) is 7.16. The molecule has 0 spiro atoms. The standard InChI is InChI=1S/C16H26BN3O5/c1-15(2)16(3,4)25-17(24-15)11-9-12(18)13(19-10-11)23-8-6-7-20(5)14(21)22/h9-10H,6-8,18H2,1-5H3,(H,21,22). The first-order chi connectivity index (χ1) is 11.5. The van der Waals surface area contributed by atoms with Gasteiger partial charge >= 0.3 is 13.2 Å². The number of pyridine rings is 1. The van der Waals surface area contributed by atoms with E-state index in [0.29, 0.717) is 31.1 Å². The summed E-state index contributed by atoms with van der Waals surface area (Å²) in [6, 6.07) is 1.73. The molecule has 1 aromatic rings. The van der Waals surface area contributed by atoms with Crippen LogP contribution in [0.3, 0.4) is 0 Å². The van der Waals surface area contributed by atoms with Gasteiger partial charge in [0.25, 0.3) is 0 Å². The molecule has 1 fully saturated rings. The average Bonchev–Trinajstić information content (AvgIpc) is 2.72. The zero-order valence-electron chi connectivity index (χ0n) is 15.4. The molecule has 25 heavy (non-hydrogen) atoms. The van der Waals surface area contributed by atoms with E-state index in [-0.39, 0.29) is 0 Å². The molecule has 0 aromatic carbocycles. The number of aromatic nitrogens is 1. The number of nitrogen functional groups attached to an aromatic ring is 1. The SMILES string of the molecule is CN(CCCOc1ncc(B2OC(C)(C)C(C)(C)O2)cc1N)C(=O)O. The Balaban J connectivity index is 1.94. The number of nitrogens with zero attached hydrogens (tertiary/aromatic N) is 2. The van der Waals surface area contributed by atoms with Crippen LogP contribution < -0.4 is 15.9 Å². The summed E-state index contributed by atoms with van der Waals surface area (Å²) < 4.78 is 17.5. The Bertz CT molecular complexity index is 622. The van der Waals surface area contributed by atoms with Crippen LogP contribution in [-0.4, -0.2) is 59.6 Å². The van der Waals surface area contributed by atoms with Gasteiger partial charge in [0, 0.05) is 25.3 Å². The highest BCUT2D eigenvalue weighted by Gasteiger charge is 2.51. The Morgan fingerprint density at radius 3 is 2.48 bits per heavy atom. The normalized spacial score (nSPS) is 18.2. The van der Waals surface area contributed by atoms with Gasteiger partial charge in [0.05, 0.1) is 23.5 Å². The molecule has 1 aliphatic heterocycles. The predicted molar refractivity (Wildman–Crippen MR) is 95.1 cm³/mol. The third kappa shape index (κ3) is 4.35. The molecule has 8 nitrogen and oxygen atoms in total. The molecule has 1 aliphatic rings. The summed E-state index contributed by atoms with van der Waals surface area (Å²) in [4.78, 5) is 16.1. The van der Waals surface area contributed by atoms with Gasteiger partial charge in [-0.2, -0.15) is 0 Å². The van der Waals surface area contributed by atoms with Gasteiger partial charge in [-0.1, -0.05) is 0 Å². The van der Waals surface area contributed by atoms with Crippen molar-refractivity contribution >= 4 is 24.4 Å². The number of carboxylic acid groups (broad SMARTS) is 1. The first kappa shape index (κ1) is 19.3. The van der Waals surface area contributed by atoms with Gasteiger partial charge in [0.15, 0.2) is 0 Å². The summed E-state index contributed by atoms with van der Waals surface area (Å²) in [6.45, 7) is 8.63. The molecule has 138 valence electrons. The van der Waals surface area contributed by atoms with Crippen molar-refractivity contribution in [1.82, 2.24) is 9.88 Å². The zero-order valence-corrected chi connectivity index (χ0v) is 15.4. The maximum atomic E-state index is 10.7. The van der Waals surface area contributed by atoms with Crippen LogP contribution in [0.25, 0.3) is 0 Å². The van der Waals surface area contributed by atoms with Crippen molar-refractivity contribution in [2.75, 3.05) is 25.9 Å². The summed E-state index contributed by atoms with van der Waals surface area (Å²) in [7, 11) is 0.979. The molecule has 2 heterocycles. The van der Waals surface area contributed by atoms with E-state index in [2.05, 4.69) is 4.98 Å². The molecule has 2 rings (SSSR count). The topological polar surface area (TPSA) is 107 Å². The minimum Gasteiger partial charge on any atom is -0.476 e. The maximum Gasteiger partial charge on any atom is 0.496 e. The summed E-state index contributed by atoms with van der Waals surface area (Å²) in [5.41, 5.74) is 6.26. The van der Waals surface area contributed by atoms with E-state index in [1.807, 2.05) is 27.7 Å². The van der Waals surface area contributed by atoms with E-state index in [0.717, 1.165) is 5.46 Å². The monoisotopic (exact) mass is 351 g/mol. The number of amides is 1. The van der Waals surface area contributed by atoms with E-state index in [1.165, 1.54) is 11.9 Å². The van der Waals surface area contributed by atoms with Gasteiger partial charge in [0.1, 0.15) is 0 Å². The number of ether oxygens (including phenoxy) is 1. The summed E-state index contributed by atoms with van der Waals surface area (Å²) in [5.74, 6) is 0.318. The Hall–Kier alpha value is -2.00. The van der Waals surface area contributed by atoms with E-state index < -0.39 is 24.4 Å². The van der Waals surface area contributed by atoms with E-state index >= 15 is 0 Å². The fourth-order valence-electron chi connectivity index (χ4n) is 2.28. The van der Waals surface area contributed by atoms with Crippen LogP contribution in [0.5, 0.6) is 5.88 Å². The van der Waals surface area contributed by atoms with E-state index in [4.69, 9.17) is 24.9 Å². The highest BCUT2D eigenvalue weighted by Crippen LogP contribution is 2.36. The van der Waals surface area contributed by atoms with E-state index in [1.54, 1.807) is 12.3 Å². The fourth-order valence-corrected chi connectivity index (χ4v) is 2.28. The number of anilines is 1. The minimum absolute atomic E-state index is 0.318. The quantitative estimate of drug-likeness (QED) is 0.588. The molecule has 0 bridgehead atoms. The largest absolute Gasteiger partial charge is 0.496 e. The lowest BCUT2D eigenvalue weighted by atomic mass is 9.80. The van der Waals surface area contributed by atoms with Crippen LogP contribution in [0, 0.1) is 0 Å². The van der Waals surface area contributed by atoms with Crippen LogP contribution >= 0.6 is 0 Å². The fraction of sp³-hybridized carbons (Fsp3) is 0.625. The van der Waals surface area contributed by atoms with Crippen LogP contribution in [0.2, 0.25) is 0 Å². The van der Waals surface area contributed by atoms with Crippen molar-refractivity contribution in [3.05, 3.63) is 12.3 Å². The van der Waals surface area contributed by atoms with Crippen molar-refractivity contribution in [2.24, 2.45) is 0 Å². The Morgan fingerprint density at radius 1 is 1.36 bits per heavy atom. The van der Waals surface area contributed by atoms with Gasteiger partial charge in [-0.15, -0.1) is 0 Å². The zero-order chi connectivity index (χ0) is 18.8. The lowest BCUT2D eigenvalue weighted by Gasteiger charge is -2.32. The van der Waals surface area contributed by atoms with Crippen LogP contribution in [0.1, 0.15) is 34.1 Å². The van der Waals surface area contributed by atoms with Crippen molar-refractivity contribution < 1.29 is 23.9 Å². The smallest absolute Gasteiger partial charge is 0.476 e. The van der Waals surface area contributed by atoms with Gasteiger partial charge in [-0.25, -0.2) is 9.78 Å². The molecular formula is C16H26BN3O5. The molecule has 3 N–H and O–H groups in total. The molecule has 1 amide bonds. The van der Waals surface area contributed by atoms with Crippen LogP contribution in [-0.2, 0) is 9.31 Å². The summed E-state index contributed by atoms with van der Waals surface area (Å²) in [5, 5.41) is 8.78. The highest BCUT2D eigenvalue weighted by molar-refractivity contribution is 6.62. The molecule has 0 aliphatic carbocycles. The Labute approximate surface area is 148 Å². The third-order valence-electron chi connectivity index (χ3n) is 4.63. The van der Waals surface area contributed by atoms with E-state index in [9.17, 15) is 4.79 Å². The number of nitrogens with two attached hydrogens (primary N) is 1. The number of rotatable bonds is 6. The second kappa shape index (κ2) is 7.09. The Kier molecular flexibility index (Phi) is 5.48. The lowest BCUT2D eigenvalue weighted by molar-refractivity contribution is 0.00578.